The van der Waals surface area contributed by atoms with Gasteiger partial charge in [0, 0.05) is 6.08 Å². The number of allylic oxidation sites excluding steroid dienone is 3. The minimum atomic E-state index is -0.872. The lowest BCUT2D eigenvalue weighted by molar-refractivity contribution is -0.131. The summed E-state index contributed by atoms with van der Waals surface area (Å²) in [5.74, 6) is 0.365. The summed E-state index contributed by atoms with van der Waals surface area (Å²) in [6.07, 6.45) is 9.27. The van der Waals surface area contributed by atoms with E-state index in [4.69, 9.17) is 5.11 Å². The van der Waals surface area contributed by atoms with Gasteiger partial charge < -0.3 is 5.11 Å². The average Bonchev–Trinajstić information content (AvgIpc) is 2.14. The van der Waals surface area contributed by atoms with Crippen LogP contribution in [-0.2, 0) is 4.79 Å². The minimum Gasteiger partial charge on any atom is -0.478 e. The van der Waals surface area contributed by atoms with Gasteiger partial charge in [0.15, 0.2) is 0 Å². The van der Waals surface area contributed by atoms with Crippen LogP contribution in [0.15, 0.2) is 23.8 Å². The number of rotatable bonds is 3. The molecule has 2 nitrogen and oxygen atoms in total. The zero-order valence-electron chi connectivity index (χ0n) is 11.4. The molecule has 1 N–H and O–H groups in total. The largest absolute Gasteiger partial charge is 0.478 e. The second kappa shape index (κ2) is 5.52. The van der Waals surface area contributed by atoms with Crippen molar-refractivity contribution in [3.8, 4) is 0 Å². The Kier molecular flexibility index (Phi) is 4.55. The molecule has 0 spiro atoms. The summed E-state index contributed by atoms with van der Waals surface area (Å²) in [4.78, 5) is 10.5. The van der Waals surface area contributed by atoms with E-state index in [1.807, 2.05) is 13.0 Å². The Labute approximate surface area is 104 Å². The minimum absolute atomic E-state index is 0.331. The van der Waals surface area contributed by atoms with Crippen LogP contribution in [0.4, 0.5) is 0 Å². The Balaban J connectivity index is 2.77. The molecule has 17 heavy (non-hydrogen) atoms. The Bertz CT molecular complexity index is 337. The smallest absolute Gasteiger partial charge is 0.328 e. The Morgan fingerprint density at radius 3 is 2.59 bits per heavy atom. The fourth-order valence-corrected chi connectivity index (χ4v) is 2.94. The number of carbonyl (C=O) groups is 1. The van der Waals surface area contributed by atoms with E-state index in [0.717, 1.165) is 5.57 Å². The van der Waals surface area contributed by atoms with Crippen LogP contribution in [0.2, 0.25) is 0 Å². The molecule has 0 aliphatic heterocycles. The third-order valence-corrected chi connectivity index (χ3v) is 3.91. The number of carboxylic acid groups (broad SMARTS) is 1. The van der Waals surface area contributed by atoms with Gasteiger partial charge in [-0.2, -0.15) is 0 Å². The quantitative estimate of drug-likeness (QED) is 0.593. The van der Waals surface area contributed by atoms with E-state index in [1.165, 1.54) is 25.3 Å². The molecule has 1 rings (SSSR count). The molecule has 1 saturated carbocycles. The van der Waals surface area contributed by atoms with Gasteiger partial charge in [-0.1, -0.05) is 45.8 Å². The molecule has 0 aromatic rings. The normalized spacial score (nSPS) is 29.5. The van der Waals surface area contributed by atoms with E-state index < -0.39 is 5.97 Å². The van der Waals surface area contributed by atoms with Crippen molar-refractivity contribution in [2.45, 2.75) is 47.0 Å². The number of hydrogen-bond acceptors (Lipinski definition) is 1. The molecule has 0 saturated heterocycles. The summed E-state index contributed by atoms with van der Waals surface area (Å²) in [5.41, 5.74) is 1.14. The van der Waals surface area contributed by atoms with Crippen LogP contribution >= 0.6 is 0 Å². The first-order valence-corrected chi connectivity index (χ1v) is 6.42. The average molecular weight is 236 g/mol. The number of carboxylic acids is 1. The fraction of sp³-hybridized carbons (Fsp3) is 0.667. The third kappa shape index (κ3) is 4.03. The van der Waals surface area contributed by atoms with Crippen molar-refractivity contribution in [3.63, 3.8) is 0 Å². The molecule has 0 amide bonds. The summed E-state index contributed by atoms with van der Waals surface area (Å²) in [6.45, 7) is 8.76. The molecule has 2 heteroatoms. The number of aliphatic carboxylic acids is 1. The van der Waals surface area contributed by atoms with E-state index in [9.17, 15) is 4.79 Å². The van der Waals surface area contributed by atoms with Crippen LogP contribution < -0.4 is 0 Å². The topological polar surface area (TPSA) is 37.3 Å². The first kappa shape index (κ1) is 14.0. The second-order valence-electron chi connectivity index (χ2n) is 5.97. The zero-order valence-corrected chi connectivity index (χ0v) is 11.4. The highest BCUT2D eigenvalue weighted by atomic mass is 16.4. The van der Waals surface area contributed by atoms with Gasteiger partial charge >= 0.3 is 5.97 Å². The van der Waals surface area contributed by atoms with E-state index in [-0.39, 0.29) is 0 Å². The van der Waals surface area contributed by atoms with E-state index in [1.54, 1.807) is 0 Å². The molecular formula is C15H24O2. The lowest BCUT2D eigenvalue weighted by Gasteiger charge is -2.41. The van der Waals surface area contributed by atoms with Crippen LogP contribution in [0.5, 0.6) is 0 Å². The Hall–Kier alpha value is -1.05. The molecule has 1 fully saturated rings. The lowest BCUT2D eigenvalue weighted by Crippen LogP contribution is -2.32. The molecule has 0 unspecified atom stereocenters. The van der Waals surface area contributed by atoms with Gasteiger partial charge in [0.25, 0.3) is 0 Å². The maximum absolute atomic E-state index is 10.5. The van der Waals surface area contributed by atoms with Crippen molar-refractivity contribution in [3.05, 3.63) is 23.8 Å². The van der Waals surface area contributed by atoms with Gasteiger partial charge in [-0.3, -0.25) is 0 Å². The van der Waals surface area contributed by atoms with E-state index >= 15 is 0 Å². The van der Waals surface area contributed by atoms with Gasteiger partial charge in [0.05, 0.1) is 0 Å². The molecule has 96 valence electrons. The van der Waals surface area contributed by atoms with Crippen LogP contribution in [0.3, 0.4) is 0 Å². The van der Waals surface area contributed by atoms with Crippen molar-refractivity contribution in [2.24, 2.45) is 17.3 Å². The first-order valence-electron chi connectivity index (χ1n) is 6.42. The molecular weight excluding hydrogens is 212 g/mol. The van der Waals surface area contributed by atoms with Crippen molar-refractivity contribution < 1.29 is 9.90 Å². The Morgan fingerprint density at radius 2 is 2.06 bits per heavy atom. The van der Waals surface area contributed by atoms with Gasteiger partial charge in [0.1, 0.15) is 0 Å². The summed E-state index contributed by atoms with van der Waals surface area (Å²) in [6, 6.07) is 0. The SMILES string of the molecule is CC(/C=C/[C@H]1[C@@H](C)CCCC1(C)C)=C\C(=O)O. The first-order chi connectivity index (χ1) is 7.83. The maximum atomic E-state index is 10.5. The molecule has 1 aliphatic carbocycles. The molecule has 0 aromatic heterocycles. The van der Waals surface area contributed by atoms with E-state index in [2.05, 4.69) is 26.8 Å². The van der Waals surface area contributed by atoms with Crippen LogP contribution in [0, 0.1) is 17.3 Å². The molecule has 0 aromatic carbocycles. The summed E-state index contributed by atoms with van der Waals surface area (Å²) < 4.78 is 0. The van der Waals surface area contributed by atoms with E-state index in [0.29, 0.717) is 17.3 Å². The standard InChI is InChI=1S/C15H24O2/c1-11(10-14(16)17)7-8-13-12(2)6-5-9-15(13,3)4/h7-8,10,12-13H,5-6,9H2,1-4H3,(H,16,17)/b8-7+,11-10+/t12-,13-/m0/s1. The van der Waals surface area contributed by atoms with Crippen molar-refractivity contribution in [2.75, 3.05) is 0 Å². The summed E-state index contributed by atoms with van der Waals surface area (Å²) in [5, 5.41) is 8.67. The summed E-state index contributed by atoms with van der Waals surface area (Å²) >= 11 is 0. The highest BCUT2D eigenvalue weighted by Crippen LogP contribution is 2.44. The van der Waals surface area contributed by atoms with Crippen LogP contribution in [0.1, 0.15) is 47.0 Å². The third-order valence-electron chi connectivity index (χ3n) is 3.91. The van der Waals surface area contributed by atoms with Gasteiger partial charge in [-0.15, -0.1) is 0 Å². The number of hydrogen-bond donors (Lipinski definition) is 1. The predicted octanol–water partition coefficient (Wildman–Crippen LogP) is 4.04. The van der Waals surface area contributed by atoms with Gasteiger partial charge in [0.2, 0.25) is 0 Å². The fourth-order valence-electron chi connectivity index (χ4n) is 2.94. The van der Waals surface area contributed by atoms with Crippen molar-refractivity contribution in [1.29, 1.82) is 0 Å². The predicted molar refractivity (Wildman–Crippen MR) is 70.8 cm³/mol. The maximum Gasteiger partial charge on any atom is 0.328 e. The van der Waals surface area contributed by atoms with Gasteiger partial charge in [-0.25, -0.2) is 4.79 Å². The highest BCUT2D eigenvalue weighted by Gasteiger charge is 2.34. The molecule has 0 heterocycles. The van der Waals surface area contributed by atoms with Crippen LogP contribution in [0.25, 0.3) is 0 Å². The lowest BCUT2D eigenvalue weighted by atomic mass is 9.64. The highest BCUT2D eigenvalue weighted by molar-refractivity contribution is 5.81. The zero-order chi connectivity index (χ0) is 13.1. The second-order valence-corrected chi connectivity index (χ2v) is 5.97. The monoisotopic (exact) mass is 236 g/mol. The van der Waals surface area contributed by atoms with Crippen molar-refractivity contribution >= 4 is 5.97 Å². The molecule has 2 atom stereocenters. The molecule has 0 bridgehead atoms. The Morgan fingerprint density at radius 1 is 1.41 bits per heavy atom. The molecule has 1 aliphatic rings. The van der Waals surface area contributed by atoms with Crippen LogP contribution in [-0.4, -0.2) is 11.1 Å². The summed E-state index contributed by atoms with van der Waals surface area (Å²) in [7, 11) is 0. The van der Waals surface area contributed by atoms with Crippen molar-refractivity contribution in [1.82, 2.24) is 0 Å². The molecule has 0 radical (unpaired) electrons. The van der Waals surface area contributed by atoms with Gasteiger partial charge in [-0.05, 0) is 36.2 Å².